The highest BCUT2D eigenvalue weighted by atomic mass is 79.9. The van der Waals surface area contributed by atoms with Crippen molar-refractivity contribution in [3.05, 3.63) is 49.6 Å². The summed E-state index contributed by atoms with van der Waals surface area (Å²) in [5.74, 6) is -0.817. The number of aliphatic hydroxyl groups is 1. The van der Waals surface area contributed by atoms with Gasteiger partial charge >= 0.3 is 0 Å². The van der Waals surface area contributed by atoms with Gasteiger partial charge < -0.3 is 24.5 Å². The number of alkyl halides is 1. The molecule has 6 atom stereocenters. The van der Waals surface area contributed by atoms with Crippen LogP contribution in [-0.2, 0) is 14.4 Å². The second-order valence-electron chi connectivity index (χ2n) is 12.0. The molecule has 3 amide bonds. The number of carbonyl (C=O) groups is 3. The van der Waals surface area contributed by atoms with Crippen LogP contribution in [0.2, 0.25) is 0 Å². The molecule has 4 fully saturated rings. The lowest BCUT2D eigenvalue weighted by atomic mass is 9.70. The molecule has 1 saturated carbocycles. The highest BCUT2D eigenvalue weighted by molar-refractivity contribution is 9.09. The van der Waals surface area contributed by atoms with Crippen LogP contribution in [0.1, 0.15) is 51.9 Å². The van der Waals surface area contributed by atoms with Crippen molar-refractivity contribution in [2.45, 2.75) is 78.8 Å². The molecule has 3 heterocycles. The van der Waals surface area contributed by atoms with Crippen LogP contribution in [0.25, 0.3) is 0 Å². The number of thioether (sulfide) groups is 1. The van der Waals surface area contributed by atoms with Crippen molar-refractivity contribution in [1.82, 2.24) is 9.80 Å². The van der Waals surface area contributed by atoms with Gasteiger partial charge in [0.25, 0.3) is 0 Å². The summed E-state index contributed by atoms with van der Waals surface area (Å²) >= 11 is 5.54. The number of hydrogen-bond acceptors (Lipinski definition) is 6. The van der Waals surface area contributed by atoms with Crippen molar-refractivity contribution in [2.75, 3.05) is 37.7 Å². The molecule has 2 bridgehead atoms. The van der Waals surface area contributed by atoms with E-state index in [4.69, 9.17) is 4.74 Å². The van der Waals surface area contributed by atoms with Crippen molar-refractivity contribution in [2.24, 2.45) is 11.8 Å². The Bertz CT molecular complexity index is 1210. The van der Waals surface area contributed by atoms with E-state index in [2.05, 4.69) is 29.1 Å². The molecule has 3 aliphatic heterocycles. The van der Waals surface area contributed by atoms with Crippen molar-refractivity contribution >= 4 is 51.1 Å². The van der Waals surface area contributed by atoms with Crippen LogP contribution in [0.15, 0.2) is 49.6 Å². The first-order valence-electron chi connectivity index (χ1n) is 15.6. The van der Waals surface area contributed by atoms with E-state index in [1.54, 1.807) is 33.7 Å². The van der Waals surface area contributed by atoms with Crippen molar-refractivity contribution in [3.8, 4) is 5.75 Å². The van der Waals surface area contributed by atoms with Gasteiger partial charge in [-0.15, -0.1) is 24.9 Å². The van der Waals surface area contributed by atoms with Gasteiger partial charge in [0.15, 0.2) is 0 Å². The van der Waals surface area contributed by atoms with Gasteiger partial charge in [0.05, 0.1) is 23.2 Å². The van der Waals surface area contributed by atoms with Gasteiger partial charge in [0, 0.05) is 48.0 Å². The number of likely N-dealkylation sites (tertiary alicyclic amines) is 1. The van der Waals surface area contributed by atoms with Crippen LogP contribution < -0.4 is 9.64 Å². The highest BCUT2D eigenvalue weighted by Gasteiger charge is 2.76. The first-order valence-corrected chi connectivity index (χ1v) is 17.4. The molecule has 1 aromatic rings. The lowest BCUT2D eigenvalue weighted by Gasteiger charge is -2.41. The van der Waals surface area contributed by atoms with Crippen LogP contribution in [-0.4, -0.2) is 92.4 Å². The van der Waals surface area contributed by atoms with E-state index in [9.17, 15) is 19.5 Å². The Hall–Kier alpha value is -2.30. The normalized spacial score (nSPS) is 29.8. The molecule has 5 rings (SSSR count). The maximum Gasteiger partial charge on any atom is 0.247 e. The number of carbonyl (C=O) groups excluding carboxylic acids is 3. The smallest absolute Gasteiger partial charge is 0.247 e. The molecule has 4 aliphatic rings. The molecule has 1 aromatic carbocycles. The van der Waals surface area contributed by atoms with E-state index in [0.29, 0.717) is 38.2 Å². The van der Waals surface area contributed by atoms with E-state index >= 15 is 0 Å². The number of rotatable bonds is 13. The predicted octanol–water partition coefficient (Wildman–Crippen LogP) is 4.80. The molecule has 234 valence electrons. The summed E-state index contributed by atoms with van der Waals surface area (Å²) in [6.07, 6.45) is 9.72. The topological polar surface area (TPSA) is 90.4 Å². The third kappa shape index (κ3) is 5.79. The number of halogens is 1. The number of amides is 3. The number of aliphatic hydroxyl groups excluding tert-OH is 1. The molecule has 0 aromatic heterocycles. The molecule has 10 heteroatoms. The number of nitrogens with zero attached hydrogens (tertiary/aromatic N) is 3. The van der Waals surface area contributed by atoms with Gasteiger partial charge in [0.1, 0.15) is 11.8 Å². The highest BCUT2D eigenvalue weighted by Crippen LogP contribution is 2.68. The first-order chi connectivity index (χ1) is 20.8. The molecular formula is C33H44BrN3O5S. The zero-order valence-corrected chi connectivity index (χ0v) is 27.4. The molecule has 1 spiro atoms. The van der Waals surface area contributed by atoms with Crippen molar-refractivity contribution in [1.29, 1.82) is 0 Å². The number of ether oxygens (including phenoxy) is 1. The monoisotopic (exact) mass is 673 g/mol. The van der Waals surface area contributed by atoms with E-state index in [1.165, 1.54) is 6.42 Å². The quantitative estimate of drug-likeness (QED) is 0.239. The zero-order chi connectivity index (χ0) is 30.7. The number of anilines is 1. The standard InChI is InChI=1S/C33H44BrN3O5S/c1-4-17-35(23-13-15-24(16-14-23)42-6-3)30(39)26-27-31(40)37(19-10-20-38)29(33(27)21-25(34)28(26)43-33)32(41)36(18-5-2)22-11-8-7-9-12-22/h4-5,13-16,22,25-29,38H,1-2,6-12,17-21H2,3H3/t25?,26-,27+,28-,29?,33?/m1/s1. The maximum absolute atomic E-state index is 14.7. The Morgan fingerprint density at radius 3 is 2.47 bits per heavy atom. The van der Waals surface area contributed by atoms with Gasteiger partial charge in [0.2, 0.25) is 17.7 Å². The minimum atomic E-state index is -0.727. The largest absolute Gasteiger partial charge is 0.494 e. The SMILES string of the molecule is C=CCN(C(=O)[C@H]1[C@@H]2SC3(CC2Br)C(C(=O)N(CC=C)C2CCCCC2)N(CCCO)C(=O)[C@H]13)c1ccc(OCC)cc1. The number of hydrogen-bond donors (Lipinski definition) is 1. The summed E-state index contributed by atoms with van der Waals surface area (Å²) in [5.41, 5.74) is 0.714. The Morgan fingerprint density at radius 2 is 1.84 bits per heavy atom. The van der Waals surface area contributed by atoms with Gasteiger partial charge in [-0.2, -0.15) is 0 Å². The fraction of sp³-hybridized carbons (Fsp3) is 0.606. The summed E-state index contributed by atoms with van der Waals surface area (Å²) in [6, 6.07) is 6.84. The van der Waals surface area contributed by atoms with Gasteiger partial charge in [-0.05, 0) is 56.9 Å². The zero-order valence-electron chi connectivity index (χ0n) is 25.0. The third-order valence-electron chi connectivity index (χ3n) is 9.53. The fourth-order valence-corrected chi connectivity index (χ4v) is 11.4. The molecule has 8 nitrogen and oxygen atoms in total. The van der Waals surface area contributed by atoms with Crippen LogP contribution in [0.4, 0.5) is 5.69 Å². The molecule has 1 N–H and O–H groups in total. The van der Waals surface area contributed by atoms with E-state index in [-0.39, 0.29) is 47.0 Å². The fourth-order valence-electron chi connectivity index (χ4n) is 7.80. The lowest BCUT2D eigenvalue weighted by molar-refractivity contribution is -0.144. The molecule has 43 heavy (non-hydrogen) atoms. The minimum Gasteiger partial charge on any atom is -0.494 e. The average molecular weight is 675 g/mol. The summed E-state index contributed by atoms with van der Waals surface area (Å²) in [6.45, 7) is 11.2. The lowest BCUT2D eigenvalue weighted by Crippen LogP contribution is -2.58. The van der Waals surface area contributed by atoms with Crippen LogP contribution in [0, 0.1) is 11.8 Å². The number of benzene rings is 1. The summed E-state index contributed by atoms with van der Waals surface area (Å²) in [5, 5.41) is 9.58. The molecule has 3 saturated heterocycles. The van der Waals surface area contributed by atoms with E-state index in [0.717, 1.165) is 31.4 Å². The molecule has 0 radical (unpaired) electrons. The van der Waals surface area contributed by atoms with E-state index < -0.39 is 22.6 Å². The van der Waals surface area contributed by atoms with Gasteiger partial charge in [-0.1, -0.05) is 47.3 Å². The Kier molecular flexibility index (Phi) is 10.3. The predicted molar refractivity (Wildman–Crippen MR) is 175 cm³/mol. The Morgan fingerprint density at radius 1 is 1.14 bits per heavy atom. The molecule has 3 unspecified atom stereocenters. The Labute approximate surface area is 268 Å². The van der Waals surface area contributed by atoms with Crippen LogP contribution in [0.5, 0.6) is 5.75 Å². The Balaban J connectivity index is 1.52. The second-order valence-corrected chi connectivity index (χ2v) is 14.7. The van der Waals surface area contributed by atoms with Crippen LogP contribution >= 0.6 is 27.7 Å². The van der Waals surface area contributed by atoms with Crippen molar-refractivity contribution < 1.29 is 24.2 Å². The second kappa shape index (κ2) is 13.8. The molecular weight excluding hydrogens is 630 g/mol. The van der Waals surface area contributed by atoms with Gasteiger partial charge in [-0.25, -0.2) is 0 Å². The first kappa shape index (κ1) is 32.1. The van der Waals surface area contributed by atoms with Crippen molar-refractivity contribution in [3.63, 3.8) is 0 Å². The maximum atomic E-state index is 14.7. The summed E-state index contributed by atoms with van der Waals surface area (Å²) in [7, 11) is 0. The van der Waals surface area contributed by atoms with E-state index in [1.807, 2.05) is 36.1 Å². The molecule has 1 aliphatic carbocycles. The summed E-state index contributed by atoms with van der Waals surface area (Å²) in [4.78, 5) is 49.0. The summed E-state index contributed by atoms with van der Waals surface area (Å²) < 4.78 is 4.87. The number of fused-ring (bicyclic) bond motifs is 1. The minimum absolute atomic E-state index is 0.0166. The van der Waals surface area contributed by atoms with Crippen LogP contribution in [0.3, 0.4) is 0 Å². The van der Waals surface area contributed by atoms with Gasteiger partial charge in [-0.3, -0.25) is 14.4 Å². The third-order valence-corrected chi connectivity index (χ3v) is 12.7. The average Bonchev–Trinajstić information content (AvgIpc) is 3.61.